The molecule has 0 atom stereocenters. The molecule has 0 aliphatic heterocycles. The molecule has 0 spiro atoms. The number of hydrogen-bond acceptors (Lipinski definition) is 4. The molecule has 0 saturated carbocycles. The third-order valence-corrected chi connectivity index (χ3v) is 5.06. The quantitative estimate of drug-likeness (QED) is 0.510. The molecule has 0 radical (unpaired) electrons. The van der Waals surface area contributed by atoms with Crippen LogP contribution < -0.4 is 0 Å². The van der Waals surface area contributed by atoms with Gasteiger partial charge in [0.15, 0.2) is 0 Å². The zero-order valence-electron chi connectivity index (χ0n) is 14.2. The minimum absolute atomic E-state index is 0.117. The van der Waals surface area contributed by atoms with E-state index < -0.39 is 10.1 Å². The largest absolute Gasteiger partial charge is 0.377 e. The first kappa shape index (κ1) is 18.6. The second-order valence-electron chi connectivity index (χ2n) is 5.62. The summed E-state index contributed by atoms with van der Waals surface area (Å²) < 4.78 is 34.7. The summed E-state index contributed by atoms with van der Waals surface area (Å²) in [4.78, 5) is 0.186. The number of aryl methyl sites for hydroxylation is 2. The molecule has 0 fully saturated rings. The van der Waals surface area contributed by atoms with E-state index in [9.17, 15) is 8.42 Å². The van der Waals surface area contributed by atoms with Crippen LogP contribution in [-0.4, -0.2) is 21.6 Å². The fourth-order valence-corrected chi connectivity index (χ4v) is 3.27. The Labute approximate surface area is 144 Å². The van der Waals surface area contributed by atoms with Gasteiger partial charge in [0.2, 0.25) is 0 Å². The summed E-state index contributed by atoms with van der Waals surface area (Å²) in [6, 6.07) is 14.8. The number of hydrogen-bond donors (Lipinski definition) is 0. The molecule has 130 valence electrons. The Balaban J connectivity index is 1.72. The highest BCUT2D eigenvalue weighted by Gasteiger charge is 2.14. The summed E-state index contributed by atoms with van der Waals surface area (Å²) in [7, 11) is -3.68. The molecule has 0 saturated heterocycles. The topological polar surface area (TPSA) is 52.6 Å². The average molecular weight is 348 g/mol. The normalized spacial score (nSPS) is 11.6. The van der Waals surface area contributed by atoms with Crippen molar-refractivity contribution in [2.75, 3.05) is 13.2 Å². The minimum Gasteiger partial charge on any atom is -0.377 e. The molecule has 0 bridgehead atoms. The van der Waals surface area contributed by atoms with Crippen LogP contribution in [0.3, 0.4) is 0 Å². The lowest BCUT2D eigenvalue weighted by atomic mass is 10.1. The highest BCUT2D eigenvalue weighted by molar-refractivity contribution is 7.86. The highest BCUT2D eigenvalue weighted by Crippen LogP contribution is 2.14. The fourth-order valence-electron chi connectivity index (χ4n) is 2.33. The average Bonchev–Trinajstić information content (AvgIpc) is 2.58. The molecule has 2 aromatic rings. The lowest BCUT2D eigenvalue weighted by Crippen LogP contribution is -2.09. The predicted molar refractivity (Wildman–Crippen MR) is 94.4 cm³/mol. The Kier molecular flexibility index (Phi) is 6.97. The van der Waals surface area contributed by atoms with Crippen LogP contribution in [0.5, 0.6) is 0 Å². The van der Waals surface area contributed by atoms with Gasteiger partial charge < -0.3 is 4.74 Å². The van der Waals surface area contributed by atoms with Gasteiger partial charge in [-0.05, 0) is 43.0 Å². The van der Waals surface area contributed by atoms with Crippen molar-refractivity contribution in [3.8, 4) is 0 Å². The second-order valence-corrected chi connectivity index (χ2v) is 7.23. The third kappa shape index (κ3) is 5.44. The first-order valence-electron chi connectivity index (χ1n) is 8.13. The number of ether oxygens (including phenoxy) is 1. The minimum atomic E-state index is -3.68. The molecule has 4 nitrogen and oxygen atoms in total. The van der Waals surface area contributed by atoms with Crippen LogP contribution in [0.25, 0.3) is 0 Å². The first-order valence-corrected chi connectivity index (χ1v) is 9.54. The van der Waals surface area contributed by atoms with Crippen molar-refractivity contribution in [1.29, 1.82) is 0 Å². The van der Waals surface area contributed by atoms with E-state index >= 15 is 0 Å². The number of rotatable bonds is 9. The maximum absolute atomic E-state index is 12.0. The predicted octanol–water partition coefficient (Wildman–Crippen LogP) is 3.87. The summed E-state index contributed by atoms with van der Waals surface area (Å²) in [5.74, 6) is 0. The van der Waals surface area contributed by atoms with E-state index in [1.54, 1.807) is 24.3 Å². The van der Waals surface area contributed by atoms with Crippen LogP contribution in [0.15, 0.2) is 53.4 Å². The highest BCUT2D eigenvalue weighted by atomic mass is 32.2. The van der Waals surface area contributed by atoms with Crippen LogP contribution in [-0.2, 0) is 32.1 Å². The van der Waals surface area contributed by atoms with Crippen molar-refractivity contribution in [1.82, 2.24) is 0 Å². The molecule has 2 aromatic carbocycles. The van der Waals surface area contributed by atoms with E-state index in [0.717, 1.165) is 12.0 Å². The van der Waals surface area contributed by atoms with Crippen LogP contribution in [0, 0.1) is 6.92 Å². The van der Waals surface area contributed by atoms with Gasteiger partial charge in [0, 0.05) is 6.61 Å². The molecule has 0 N–H and O–H groups in total. The molecule has 0 aliphatic carbocycles. The van der Waals surface area contributed by atoms with Gasteiger partial charge in [0.05, 0.1) is 18.1 Å². The van der Waals surface area contributed by atoms with Crippen LogP contribution in [0.1, 0.15) is 30.0 Å². The Hall–Kier alpha value is -1.69. The van der Waals surface area contributed by atoms with Crippen LogP contribution in [0.2, 0.25) is 0 Å². The molecule has 5 heteroatoms. The maximum atomic E-state index is 12.0. The summed E-state index contributed by atoms with van der Waals surface area (Å²) in [6.45, 7) is 5.13. The van der Waals surface area contributed by atoms with Gasteiger partial charge in [0.1, 0.15) is 0 Å². The summed E-state index contributed by atoms with van der Waals surface area (Å²) in [6.07, 6.45) is 1.50. The Bertz CT molecular complexity index is 736. The van der Waals surface area contributed by atoms with E-state index in [0.29, 0.717) is 19.6 Å². The molecular formula is C19H24O4S. The SMILES string of the molecule is CCc1ccccc1COCCCOS(=O)(=O)c1ccc(C)cc1. The number of benzene rings is 2. The zero-order chi connectivity index (χ0) is 17.4. The molecule has 24 heavy (non-hydrogen) atoms. The molecule has 0 amide bonds. The molecule has 2 rings (SSSR count). The third-order valence-electron chi connectivity index (χ3n) is 3.74. The van der Waals surface area contributed by atoms with Crippen LogP contribution >= 0.6 is 0 Å². The van der Waals surface area contributed by atoms with Gasteiger partial charge in [-0.3, -0.25) is 4.18 Å². The van der Waals surface area contributed by atoms with E-state index in [1.807, 2.05) is 19.1 Å². The van der Waals surface area contributed by atoms with Gasteiger partial charge in [-0.25, -0.2) is 0 Å². The van der Waals surface area contributed by atoms with Crippen molar-refractivity contribution in [2.24, 2.45) is 0 Å². The standard InChI is InChI=1S/C19H24O4S/c1-3-17-7-4-5-8-18(17)15-22-13-6-14-23-24(20,21)19-11-9-16(2)10-12-19/h4-5,7-12H,3,6,13-15H2,1-2H3. The van der Waals surface area contributed by atoms with Gasteiger partial charge in [-0.2, -0.15) is 8.42 Å². The fraction of sp³-hybridized carbons (Fsp3) is 0.368. The van der Waals surface area contributed by atoms with Gasteiger partial charge in [0.25, 0.3) is 10.1 Å². The maximum Gasteiger partial charge on any atom is 0.296 e. The van der Waals surface area contributed by atoms with E-state index in [2.05, 4.69) is 19.1 Å². The van der Waals surface area contributed by atoms with Crippen molar-refractivity contribution in [2.45, 2.75) is 38.2 Å². The molecule has 0 aromatic heterocycles. The van der Waals surface area contributed by atoms with E-state index in [4.69, 9.17) is 8.92 Å². The molecule has 0 aliphatic rings. The van der Waals surface area contributed by atoms with Crippen molar-refractivity contribution in [3.63, 3.8) is 0 Å². The van der Waals surface area contributed by atoms with Crippen molar-refractivity contribution < 1.29 is 17.3 Å². The lowest BCUT2D eigenvalue weighted by molar-refractivity contribution is 0.107. The van der Waals surface area contributed by atoms with Gasteiger partial charge >= 0.3 is 0 Å². The lowest BCUT2D eigenvalue weighted by Gasteiger charge is -2.09. The van der Waals surface area contributed by atoms with E-state index in [1.165, 1.54) is 11.1 Å². The molecule has 0 heterocycles. The molecular weight excluding hydrogens is 324 g/mol. The summed E-state index contributed by atoms with van der Waals surface area (Å²) in [5.41, 5.74) is 3.46. The van der Waals surface area contributed by atoms with Crippen molar-refractivity contribution >= 4 is 10.1 Å². The summed E-state index contributed by atoms with van der Waals surface area (Å²) >= 11 is 0. The monoisotopic (exact) mass is 348 g/mol. The van der Waals surface area contributed by atoms with Crippen LogP contribution in [0.4, 0.5) is 0 Å². The molecule has 0 unspecified atom stereocenters. The van der Waals surface area contributed by atoms with Crippen molar-refractivity contribution in [3.05, 3.63) is 65.2 Å². The van der Waals surface area contributed by atoms with Gasteiger partial charge in [-0.1, -0.05) is 48.9 Å². The second kappa shape index (κ2) is 8.97. The van der Waals surface area contributed by atoms with E-state index in [-0.39, 0.29) is 11.5 Å². The smallest absolute Gasteiger partial charge is 0.296 e. The van der Waals surface area contributed by atoms with Gasteiger partial charge in [-0.15, -0.1) is 0 Å². The Morgan fingerprint density at radius 3 is 2.25 bits per heavy atom. The Morgan fingerprint density at radius 1 is 0.917 bits per heavy atom. The summed E-state index contributed by atoms with van der Waals surface area (Å²) in [5, 5.41) is 0. The Morgan fingerprint density at radius 2 is 1.58 bits per heavy atom. The first-order chi connectivity index (χ1) is 11.5. The zero-order valence-corrected chi connectivity index (χ0v) is 15.0.